The van der Waals surface area contributed by atoms with Gasteiger partial charge in [0.25, 0.3) is 5.91 Å². The lowest BCUT2D eigenvalue weighted by molar-refractivity contribution is 0.0953. The monoisotopic (exact) mass is 259 g/mol. The zero-order valence-electron chi connectivity index (χ0n) is 11.6. The standard InChI is InChI=1S/C15H21N3O/c1-11(2)5-3-4-8-16-15(19)12-6-7-13-10-17-18-14(13)9-12/h6-7,9-11H,3-5,8H2,1-2H3,(H,16,19)(H,17,18). The summed E-state index contributed by atoms with van der Waals surface area (Å²) in [6.07, 6.45) is 5.17. The van der Waals surface area contributed by atoms with Crippen molar-refractivity contribution in [2.45, 2.75) is 33.1 Å². The van der Waals surface area contributed by atoms with E-state index in [1.165, 1.54) is 6.42 Å². The van der Waals surface area contributed by atoms with E-state index < -0.39 is 0 Å². The van der Waals surface area contributed by atoms with Gasteiger partial charge in [0, 0.05) is 17.5 Å². The van der Waals surface area contributed by atoms with Crippen molar-refractivity contribution >= 4 is 16.8 Å². The summed E-state index contributed by atoms with van der Waals surface area (Å²) in [6.45, 7) is 5.18. The van der Waals surface area contributed by atoms with Gasteiger partial charge >= 0.3 is 0 Å². The summed E-state index contributed by atoms with van der Waals surface area (Å²) in [5.74, 6) is 0.722. The summed E-state index contributed by atoms with van der Waals surface area (Å²) in [4.78, 5) is 12.0. The number of aromatic amines is 1. The highest BCUT2D eigenvalue weighted by Gasteiger charge is 2.06. The maximum atomic E-state index is 12.0. The van der Waals surface area contributed by atoms with E-state index in [0.717, 1.165) is 36.2 Å². The molecule has 0 aliphatic carbocycles. The van der Waals surface area contributed by atoms with Crippen molar-refractivity contribution in [2.24, 2.45) is 5.92 Å². The van der Waals surface area contributed by atoms with E-state index in [9.17, 15) is 4.79 Å². The first-order valence-corrected chi connectivity index (χ1v) is 6.88. The minimum absolute atomic E-state index is 0.0129. The molecule has 0 saturated heterocycles. The van der Waals surface area contributed by atoms with Crippen LogP contribution < -0.4 is 5.32 Å². The summed E-state index contributed by atoms with van der Waals surface area (Å²) in [6, 6.07) is 5.58. The third kappa shape index (κ3) is 3.81. The van der Waals surface area contributed by atoms with Gasteiger partial charge in [-0.25, -0.2) is 0 Å². The number of hydrogen-bond donors (Lipinski definition) is 2. The molecule has 102 valence electrons. The van der Waals surface area contributed by atoms with Crippen LogP contribution in [0.25, 0.3) is 10.9 Å². The molecule has 2 N–H and O–H groups in total. The quantitative estimate of drug-likeness (QED) is 0.783. The zero-order chi connectivity index (χ0) is 13.7. The molecule has 0 aliphatic rings. The maximum absolute atomic E-state index is 12.0. The van der Waals surface area contributed by atoms with Crippen LogP contribution in [0.2, 0.25) is 0 Å². The van der Waals surface area contributed by atoms with Gasteiger partial charge in [0.2, 0.25) is 0 Å². The Bertz CT molecular complexity index is 545. The zero-order valence-corrected chi connectivity index (χ0v) is 11.6. The largest absolute Gasteiger partial charge is 0.352 e. The molecular formula is C15H21N3O. The average Bonchev–Trinajstić information content (AvgIpc) is 2.84. The van der Waals surface area contributed by atoms with Crippen LogP contribution in [0.5, 0.6) is 0 Å². The van der Waals surface area contributed by atoms with Crippen molar-refractivity contribution in [1.29, 1.82) is 0 Å². The number of amides is 1. The van der Waals surface area contributed by atoms with Crippen LogP contribution >= 0.6 is 0 Å². The molecule has 0 spiro atoms. The first-order chi connectivity index (χ1) is 9.16. The van der Waals surface area contributed by atoms with E-state index in [1.807, 2.05) is 18.2 Å². The molecule has 0 saturated carbocycles. The summed E-state index contributed by atoms with van der Waals surface area (Å²) >= 11 is 0. The Kier molecular flexibility index (Phi) is 4.55. The van der Waals surface area contributed by atoms with Gasteiger partial charge in [-0.15, -0.1) is 0 Å². The van der Waals surface area contributed by atoms with Crippen molar-refractivity contribution in [3.8, 4) is 0 Å². The SMILES string of the molecule is CC(C)CCCCNC(=O)c1ccc2cn[nH]c2c1. The highest BCUT2D eigenvalue weighted by atomic mass is 16.1. The Labute approximate surface area is 113 Å². The van der Waals surface area contributed by atoms with E-state index >= 15 is 0 Å². The molecule has 1 aromatic heterocycles. The molecule has 0 atom stereocenters. The number of fused-ring (bicyclic) bond motifs is 1. The van der Waals surface area contributed by atoms with E-state index in [-0.39, 0.29) is 5.91 Å². The Morgan fingerprint density at radius 3 is 3.00 bits per heavy atom. The smallest absolute Gasteiger partial charge is 0.251 e. The second kappa shape index (κ2) is 6.36. The van der Waals surface area contributed by atoms with E-state index in [1.54, 1.807) is 6.20 Å². The van der Waals surface area contributed by atoms with Gasteiger partial charge in [0.1, 0.15) is 0 Å². The Hall–Kier alpha value is -1.84. The van der Waals surface area contributed by atoms with Crippen LogP contribution in [-0.2, 0) is 0 Å². The molecule has 1 amide bonds. The number of carbonyl (C=O) groups is 1. The minimum atomic E-state index is -0.0129. The molecule has 4 nitrogen and oxygen atoms in total. The van der Waals surface area contributed by atoms with Crippen LogP contribution in [0.3, 0.4) is 0 Å². The number of rotatable bonds is 6. The van der Waals surface area contributed by atoms with E-state index in [0.29, 0.717) is 5.56 Å². The Balaban J connectivity index is 1.82. The number of nitrogens with one attached hydrogen (secondary N) is 2. The van der Waals surface area contributed by atoms with Crippen molar-refractivity contribution < 1.29 is 4.79 Å². The molecule has 0 aliphatic heterocycles. The fourth-order valence-electron chi connectivity index (χ4n) is 2.06. The number of benzene rings is 1. The van der Waals surface area contributed by atoms with E-state index in [2.05, 4.69) is 29.4 Å². The molecule has 0 unspecified atom stereocenters. The van der Waals surface area contributed by atoms with Crippen molar-refractivity contribution in [3.05, 3.63) is 30.0 Å². The van der Waals surface area contributed by atoms with E-state index in [4.69, 9.17) is 0 Å². The second-order valence-corrected chi connectivity index (χ2v) is 5.32. The van der Waals surface area contributed by atoms with Gasteiger partial charge < -0.3 is 5.32 Å². The second-order valence-electron chi connectivity index (χ2n) is 5.32. The van der Waals surface area contributed by atoms with Gasteiger partial charge in [-0.05, 0) is 24.5 Å². The Morgan fingerprint density at radius 1 is 1.37 bits per heavy atom. The first kappa shape index (κ1) is 13.6. The lowest BCUT2D eigenvalue weighted by atomic mass is 10.1. The number of carbonyl (C=O) groups excluding carboxylic acids is 1. The first-order valence-electron chi connectivity index (χ1n) is 6.88. The van der Waals surface area contributed by atoms with Crippen LogP contribution in [0.1, 0.15) is 43.5 Å². The van der Waals surface area contributed by atoms with Crippen LogP contribution in [0.15, 0.2) is 24.4 Å². The minimum Gasteiger partial charge on any atom is -0.352 e. The summed E-state index contributed by atoms with van der Waals surface area (Å²) < 4.78 is 0. The molecule has 1 aromatic carbocycles. The molecule has 0 radical (unpaired) electrons. The molecule has 4 heteroatoms. The molecule has 0 fully saturated rings. The summed E-state index contributed by atoms with van der Waals surface area (Å²) in [7, 11) is 0. The number of nitrogens with zero attached hydrogens (tertiary/aromatic N) is 1. The number of unbranched alkanes of at least 4 members (excludes halogenated alkanes) is 1. The van der Waals surface area contributed by atoms with Crippen molar-refractivity contribution in [3.63, 3.8) is 0 Å². The summed E-state index contributed by atoms with van der Waals surface area (Å²) in [5.41, 5.74) is 1.58. The average molecular weight is 259 g/mol. The highest BCUT2D eigenvalue weighted by molar-refractivity contribution is 5.97. The third-order valence-electron chi connectivity index (χ3n) is 3.20. The van der Waals surface area contributed by atoms with Gasteiger partial charge in [-0.3, -0.25) is 9.89 Å². The topological polar surface area (TPSA) is 57.8 Å². The van der Waals surface area contributed by atoms with Crippen molar-refractivity contribution in [2.75, 3.05) is 6.54 Å². The summed E-state index contributed by atoms with van der Waals surface area (Å²) in [5, 5.41) is 10.8. The molecule has 2 rings (SSSR count). The normalized spacial score (nSPS) is 11.1. The van der Waals surface area contributed by atoms with Gasteiger partial charge in [-0.1, -0.05) is 32.8 Å². The number of H-pyrrole nitrogens is 1. The van der Waals surface area contributed by atoms with Crippen molar-refractivity contribution in [1.82, 2.24) is 15.5 Å². The molecular weight excluding hydrogens is 238 g/mol. The lowest BCUT2D eigenvalue weighted by Crippen LogP contribution is -2.24. The third-order valence-corrected chi connectivity index (χ3v) is 3.20. The predicted octanol–water partition coefficient (Wildman–Crippen LogP) is 3.12. The van der Waals surface area contributed by atoms with Crippen LogP contribution in [0, 0.1) is 5.92 Å². The van der Waals surface area contributed by atoms with Gasteiger partial charge in [0.05, 0.1) is 11.7 Å². The molecule has 19 heavy (non-hydrogen) atoms. The van der Waals surface area contributed by atoms with Crippen LogP contribution in [-0.4, -0.2) is 22.6 Å². The number of hydrogen-bond acceptors (Lipinski definition) is 2. The van der Waals surface area contributed by atoms with Gasteiger partial charge in [-0.2, -0.15) is 5.10 Å². The Morgan fingerprint density at radius 2 is 2.21 bits per heavy atom. The highest BCUT2D eigenvalue weighted by Crippen LogP contribution is 2.12. The fraction of sp³-hybridized carbons (Fsp3) is 0.467. The fourth-order valence-corrected chi connectivity index (χ4v) is 2.06. The predicted molar refractivity (Wildman–Crippen MR) is 77.1 cm³/mol. The van der Waals surface area contributed by atoms with Crippen LogP contribution in [0.4, 0.5) is 0 Å². The maximum Gasteiger partial charge on any atom is 0.251 e. The number of aromatic nitrogens is 2. The lowest BCUT2D eigenvalue weighted by Gasteiger charge is -2.06. The molecule has 2 aromatic rings. The molecule has 0 bridgehead atoms. The van der Waals surface area contributed by atoms with Gasteiger partial charge in [0.15, 0.2) is 0 Å². The molecule has 1 heterocycles.